The van der Waals surface area contributed by atoms with Gasteiger partial charge in [-0.3, -0.25) is 4.79 Å². The van der Waals surface area contributed by atoms with E-state index < -0.39 is 22.6 Å². The molecule has 0 aliphatic carbocycles. The number of aliphatic hydroxyl groups excluding tert-OH is 1. The third-order valence-corrected chi connectivity index (χ3v) is 8.05. The van der Waals surface area contributed by atoms with Crippen LogP contribution < -0.4 is 4.74 Å². The molecule has 0 radical (unpaired) electrons. The molecule has 1 heterocycles. The molecule has 1 aromatic rings. The number of amides is 1. The highest BCUT2D eigenvalue weighted by atomic mass is 32.2. The van der Waals surface area contributed by atoms with E-state index >= 15 is 0 Å². The lowest BCUT2D eigenvalue weighted by atomic mass is 9.90. The lowest BCUT2D eigenvalue weighted by molar-refractivity contribution is -0.161. The molecule has 0 saturated carbocycles. The Labute approximate surface area is 219 Å². The number of ether oxygens (including phenoxy) is 5. The van der Waals surface area contributed by atoms with Crippen molar-refractivity contribution in [2.75, 3.05) is 61.2 Å². The normalized spacial score (nSPS) is 18.2. The summed E-state index contributed by atoms with van der Waals surface area (Å²) in [6, 6.07) is 6.03. The molecule has 12 heteroatoms. The number of nitrogens with zero attached hydrogens (tertiary/aromatic N) is 2. The molecule has 1 aromatic carbocycles. The van der Waals surface area contributed by atoms with E-state index in [-0.39, 0.29) is 61.2 Å². The van der Waals surface area contributed by atoms with Crippen molar-refractivity contribution in [1.29, 1.82) is 0 Å². The number of carbonyl (C=O) groups excluding carboxylic acids is 1. The summed E-state index contributed by atoms with van der Waals surface area (Å²) in [5.41, 5.74) is 0. The summed E-state index contributed by atoms with van der Waals surface area (Å²) in [7, 11) is 2.25. The van der Waals surface area contributed by atoms with Gasteiger partial charge in [-0.2, -0.15) is 4.31 Å². The summed E-state index contributed by atoms with van der Waals surface area (Å²) >= 11 is 0. The zero-order valence-corrected chi connectivity index (χ0v) is 23.3. The number of hydrogen-bond donors (Lipinski definition) is 1. The van der Waals surface area contributed by atoms with Crippen molar-refractivity contribution in [3.63, 3.8) is 0 Å². The Hall–Kier alpha value is -2.22. The van der Waals surface area contributed by atoms with E-state index in [1.165, 1.54) is 38.4 Å². The number of allylic oxidation sites excluding steroid dienone is 1. The lowest BCUT2D eigenvalue weighted by Crippen LogP contribution is -2.40. The number of sulfonamides is 1. The van der Waals surface area contributed by atoms with Gasteiger partial charge in [0.15, 0.2) is 12.0 Å². The van der Waals surface area contributed by atoms with Crippen molar-refractivity contribution in [2.45, 2.75) is 37.7 Å². The van der Waals surface area contributed by atoms with E-state index in [4.69, 9.17) is 23.7 Å². The van der Waals surface area contributed by atoms with Crippen LogP contribution in [0.15, 0.2) is 41.0 Å². The first-order valence-electron chi connectivity index (χ1n) is 12.1. The second kappa shape index (κ2) is 14.6. The zero-order valence-electron chi connectivity index (χ0n) is 22.5. The summed E-state index contributed by atoms with van der Waals surface area (Å²) in [6.07, 6.45) is 1.02. The summed E-state index contributed by atoms with van der Waals surface area (Å²) in [5, 5.41) is 9.46. The molecule has 1 aliphatic rings. The minimum Gasteiger partial charge on any atom is -0.497 e. The predicted molar refractivity (Wildman–Crippen MR) is 136 cm³/mol. The number of methoxy groups -OCH3 is 3. The number of benzene rings is 1. The fourth-order valence-corrected chi connectivity index (χ4v) is 5.20. The van der Waals surface area contributed by atoms with Crippen molar-refractivity contribution < 1.29 is 42.0 Å². The molecule has 2 atom stereocenters. The largest absolute Gasteiger partial charge is 0.497 e. The third-order valence-electron chi connectivity index (χ3n) is 6.14. The molecule has 0 fully saturated rings. The Morgan fingerprint density at radius 2 is 1.78 bits per heavy atom. The summed E-state index contributed by atoms with van der Waals surface area (Å²) in [6.45, 7) is 3.88. The van der Waals surface area contributed by atoms with Crippen molar-refractivity contribution in [3.05, 3.63) is 36.1 Å². The summed E-state index contributed by atoms with van der Waals surface area (Å²) in [4.78, 5) is 14.6. The third kappa shape index (κ3) is 8.66. The van der Waals surface area contributed by atoms with Crippen LogP contribution in [0, 0.1) is 11.8 Å². The Morgan fingerprint density at radius 3 is 2.32 bits per heavy atom. The number of carbonyl (C=O) groups is 1. The highest BCUT2D eigenvalue weighted by molar-refractivity contribution is 7.89. The highest BCUT2D eigenvalue weighted by Crippen LogP contribution is 2.29. The van der Waals surface area contributed by atoms with Gasteiger partial charge in [-0.15, -0.1) is 0 Å². The minimum atomic E-state index is -3.87. The number of aliphatic hydroxyl groups is 1. The van der Waals surface area contributed by atoms with E-state index in [0.717, 1.165) is 4.31 Å². The molecule has 0 unspecified atom stereocenters. The Morgan fingerprint density at radius 1 is 1.14 bits per heavy atom. The first kappa shape index (κ1) is 31.0. The van der Waals surface area contributed by atoms with Gasteiger partial charge in [0.25, 0.3) is 5.91 Å². The van der Waals surface area contributed by atoms with E-state index in [1.54, 1.807) is 19.2 Å². The van der Waals surface area contributed by atoms with Gasteiger partial charge in [-0.1, -0.05) is 13.8 Å². The van der Waals surface area contributed by atoms with Gasteiger partial charge in [-0.05, 0) is 42.2 Å². The van der Waals surface area contributed by atoms with E-state index in [1.807, 2.05) is 19.9 Å². The highest BCUT2D eigenvalue weighted by Gasteiger charge is 2.32. The van der Waals surface area contributed by atoms with Crippen molar-refractivity contribution >= 4 is 15.9 Å². The van der Waals surface area contributed by atoms with E-state index in [9.17, 15) is 18.3 Å². The van der Waals surface area contributed by atoms with Gasteiger partial charge in [0.05, 0.1) is 31.8 Å². The second-order valence-electron chi connectivity index (χ2n) is 8.98. The molecule has 1 aliphatic heterocycles. The Bertz CT molecular complexity index is 978. The van der Waals surface area contributed by atoms with Gasteiger partial charge in [0, 0.05) is 40.8 Å². The van der Waals surface area contributed by atoms with Gasteiger partial charge >= 0.3 is 0 Å². The molecule has 0 saturated heterocycles. The molecule has 1 N–H and O–H groups in total. The van der Waals surface area contributed by atoms with Crippen LogP contribution in [0.2, 0.25) is 0 Å². The van der Waals surface area contributed by atoms with Crippen LogP contribution in [0.4, 0.5) is 0 Å². The van der Waals surface area contributed by atoms with Gasteiger partial charge < -0.3 is 33.7 Å². The van der Waals surface area contributed by atoms with Crippen LogP contribution in [0.5, 0.6) is 5.75 Å². The zero-order chi connectivity index (χ0) is 27.6. The number of likely N-dealkylation sites (N-methyl/N-ethyl adjacent to an activating group) is 1. The first-order chi connectivity index (χ1) is 17.6. The maximum absolute atomic E-state index is 13.1. The second-order valence-corrected chi connectivity index (χ2v) is 10.9. The maximum atomic E-state index is 13.1. The van der Waals surface area contributed by atoms with Crippen molar-refractivity contribution in [2.24, 2.45) is 11.8 Å². The average Bonchev–Trinajstić information content (AvgIpc) is 2.90. The van der Waals surface area contributed by atoms with Crippen LogP contribution in [0.25, 0.3) is 0 Å². The summed E-state index contributed by atoms with van der Waals surface area (Å²) in [5.74, 6) is 0.635. The molecule has 0 spiro atoms. The Kier molecular flexibility index (Phi) is 12.3. The van der Waals surface area contributed by atoms with Gasteiger partial charge in [0.1, 0.15) is 5.75 Å². The molecule has 1 amide bonds. The van der Waals surface area contributed by atoms with Crippen LogP contribution in [0.1, 0.15) is 20.3 Å². The molecule has 0 bridgehead atoms. The average molecular weight is 545 g/mol. The monoisotopic (exact) mass is 544 g/mol. The summed E-state index contributed by atoms with van der Waals surface area (Å²) < 4.78 is 54.6. The molecular weight excluding hydrogens is 504 g/mol. The molecule has 2 rings (SSSR count). The maximum Gasteiger partial charge on any atom is 0.288 e. The number of rotatable bonds is 15. The molecule has 37 heavy (non-hydrogen) atoms. The molecule has 0 aromatic heterocycles. The minimum absolute atomic E-state index is 0.00260. The molecular formula is C25H40N2O9S. The van der Waals surface area contributed by atoms with Gasteiger partial charge in [0.2, 0.25) is 16.3 Å². The van der Waals surface area contributed by atoms with Crippen LogP contribution in [-0.4, -0.2) is 102 Å². The molecule has 11 nitrogen and oxygen atoms in total. The Balaban J connectivity index is 2.07. The van der Waals surface area contributed by atoms with Crippen LogP contribution in [-0.2, 0) is 33.8 Å². The lowest BCUT2D eigenvalue weighted by Gasteiger charge is -2.33. The topological polar surface area (TPSA) is 124 Å². The standard InChI is InChI=1S/C25H40N2O9S/c1-18(2)19-15-22(25(29)26(3)17-24(33-5)34-6)36-23(16-19)35-14-12-27(11-13-28)37(30,31)21-9-7-20(32-4)8-10-21/h7-10,15,18-19,23-24,28H,11-14,16-17H2,1-6H3/t19-,23+/m1/s1. The fraction of sp³-hybridized carbons (Fsp3) is 0.640. The van der Waals surface area contributed by atoms with Crippen LogP contribution in [0.3, 0.4) is 0 Å². The fourth-order valence-electron chi connectivity index (χ4n) is 3.79. The number of hydrogen-bond acceptors (Lipinski definition) is 9. The first-order valence-corrected chi connectivity index (χ1v) is 13.6. The van der Waals surface area contributed by atoms with Gasteiger partial charge in [-0.25, -0.2) is 8.42 Å². The molecule has 210 valence electrons. The smallest absolute Gasteiger partial charge is 0.288 e. The van der Waals surface area contributed by atoms with Crippen molar-refractivity contribution in [3.8, 4) is 5.75 Å². The van der Waals surface area contributed by atoms with E-state index in [0.29, 0.717) is 12.2 Å². The van der Waals surface area contributed by atoms with Crippen LogP contribution >= 0.6 is 0 Å². The predicted octanol–water partition coefficient (Wildman–Crippen LogP) is 1.67. The SMILES string of the molecule is COc1ccc(S(=O)(=O)N(CCO)CCO[C@@H]2C[C@H](C(C)C)C=C(C(=O)N(C)CC(OC)OC)O2)cc1. The van der Waals surface area contributed by atoms with E-state index in [2.05, 4.69) is 0 Å². The quantitative estimate of drug-likeness (QED) is 0.328. The van der Waals surface area contributed by atoms with Crippen molar-refractivity contribution in [1.82, 2.24) is 9.21 Å².